The van der Waals surface area contributed by atoms with Gasteiger partial charge in [0.05, 0.1) is 7.11 Å². The lowest BCUT2D eigenvalue weighted by Crippen LogP contribution is -2.35. The molecule has 0 saturated heterocycles. The molecule has 2 aromatic rings. The second-order valence-corrected chi connectivity index (χ2v) is 5.27. The average molecular weight is 347 g/mol. The van der Waals surface area contributed by atoms with Crippen molar-refractivity contribution in [3.8, 4) is 11.5 Å². The van der Waals surface area contributed by atoms with Crippen LogP contribution in [0.3, 0.4) is 0 Å². The lowest BCUT2D eigenvalue weighted by molar-refractivity contribution is -0.127. The summed E-state index contributed by atoms with van der Waals surface area (Å²) in [5.74, 6) is -1.26. The molecular formula is C18H18FNO5. The molecule has 2 N–H and O–H groups in total. The number of carboxylic acids is 1. The maximum absolute atomic E-state index is 12.8. The highest BCUT2D eigenvalue weighted by molar-refractivity contribution is 5.91. The van der Waals surface area contributed by atoms with E-state index in [1.807, 2.05) is 0 Å². The Morgan fingerprint density at radius 2 is 1.88 bits per heavy atom. The predicted molar refractivity (Wildman–Crippen MR) is 88.3 cm³/mol. The molecule has 25 heavy (non-hydrogen) atoms. The number of carbonyl (C=O) groups is 2. The zero-order valence-corrected chi connectivity index (χ0v) is 13.8. The molecule has 132 valence electrons. The van der Waals surface area contributed by atoms with Gasteiger partial charge in [-0.3, -0.25) is 4.79 Å². The van der Waals surface area contributed by atoms with E-state index in [4.69, 9.17) is 14.6 Å². The van der Waals surface area contributed by atoms with Gasteiger partial charge in [0.2, 0.25) is 0 Å². The standard InChI is InChI=1S/C18H18FNO5/c1-11(25-14-6-4-13(19)5-7-14)17(21)20-10-12-3-8-16(24-2)15(9-12)18(22)23/h3-9,11H,10H2,1-2H3,(H,20,21)(H,22,23). The van der Waals surface area contributed by atoms with E-state index in [-0.39, 0.29) is 23.8 Å². The number of methoxy groups -OCH3 is 1. The first-order chi connectivity index (χ1) is 11.9. The maximum atomic E-state index is 12.8. The van der Waals surface area contributed by atoms with Crippen molar-refractivity contribution in [1.82, 2.24) is 5.32 Å². The number of aromatic carboxylic acids is 1. The number of halogens is 1. The number of hydrogen-bond acceptors (Lipinski definition) is 4. The van der Waals surface area contributed by atoms with Crippen LogP contribution in [0.25, 0.3) is 0 Å². The molecule has 1 atom stereocenters. The van der Waals surface area contributed by atoms with Crippen LogP contribution in [0.15, 0.2) is 42.5 Å². The summed E-state index contributed by atoms with van der Waals surface area (Å²) in [5, 5.41) is 11.8. The van der Waals surface area contributed by atoms with Crippen LogP contribution in [0, 0.1) is 5.82 Å². The topological polar surface area (TPSA) is 84.9 Å². The first kappa shape index (κ1) is 18.3. The number of nitrogens with one attached hydrogen (secondary N) is 1. The Morgan fingerprint density at radius 1 is 1.20 bits per heavy atom. The first-order valence-electron chi connectivity index (χ1n) is 7.51. The largest absolute Gasteiger partial charge is 0.496 e. The predicted octanol–water partition coefficient (Wildman–Crippen LogP) is 2.62. The van der Waals surface area contributed by atoms with Crippen LogP contribution < -0.4 is 14.8 Å². The van der Waals surface area contributed by atoms with Crippen LogP contribution >= 0.6 is 0 Å². The Morgan fingerprint density at radius 3 is 2.48 bits per heavy atom. The van der Waals surface area contributed by atoms with Crippen LogP contribution in [0.2, 0.25) is 0 Å². The molecule has 6 nitrogen and oxygen atoms in total. The smallest absolute Gasteiger partial charge is 0.339 e. The minimum atomic E-state index is -1.11. The number of rotatable bonds is 7. The third kappa shape index (κ3) is 4.94. The fraction of sp³-hybridized carbons (Fsp3) is 0.222. The van der Waals surface area contributed by atoms with Crippen molar-refractivity contribution in [1.29, 1.82) is 0 Å². The molecule has 2 rings (SSSR count). The summed E-state index contributed by atoms with van der Waals surface area (Å²) in [7, 11) is 1.39. The monoisotopic (exact) mass is 347 g/mol. The molecule has 0 aliphatic carbocycles. The van der Waals surface area contributed by atoms with Gasteiger partial charge in [-0.2, -0.15) is 0 Å². The number of amides is 1. The van der Waals surface area contributed by atoms with Crippen LogP contribution in [-0.2, 0) is 11.3 Å². The fourth-order valence-electron chi connectivity index (χ4n) is 2.14. The van der Waals surface area contributed by atoms with E-state index in [0.29, 0.717) is 11.3 Å². The van der Waals surface area contributed by atoms with Crippen molar-refractivity contribution in [2.45, 2.75) is 19.6 Å². The van der Waals surface area contributed by atoms with Gasteiger partial charge in [0.15, 0.2) is 6.10 Å². The maximum Gasteiger partial charge on any atom is 0.339 e. The zero-order chi connectivity index (χ0) is 18.4. The van der Waals surface area contributed by atoms with Gasteiger partial charge in [-0.15, -0.1) is 0 Å². The van der Waals surface area contributed by atoms with Crippen LogP contribution in [0.4, 0.5) is 4.39 Å². The number of hydrogen-bond donors (Lipinski definition) is 2. The van der Waals surface area contributed by atoms with Crippen LogP contribution in [0.1, 0.15) is 22.8 Å². The van der Waals surface area contributed by atoms with E-state index in [2.05, 4.69) is 5.32 Å². The molecule has 0 spiro atoms. The minimum Gasteiger partial charge on any atom is -0.496 e. The lowest BCUT2D eigenvalue weighted by Gasteiger charge is -2.15. The quantitative estimate of drug-likeness (QED) is 0.804. The van der Waals surface area contributed by atoms with E-state index in [0.717, 1.165) is 0 Å². The Kier molecular flexibility index (Phi) is 5.94. The van der Waals surface area contributed by atoms with Crippen molar-refractivity contribution >= 4 is 11.9 Å². The van der Waals surface area contributed by atoms with Gasteiger partial charge in [0, 0.05) is 6.54 Å². The van der Waals surface area contributed by atoms with Gasteiger partial charge in [0.25, 0.3) is 5.91 Å². The summed E-state index contributed by atoms with van der Waals surface area (Å²) >= 11 is 0. The first-order valence-corrected chi connectivity index (χ1v) is 7.51. The van der Waals surface area contributed by atoms with Gasteiger partial charge < -0.3 is 19.9 Å². The van der Waals surface area contributed by atoms with E-state index >= 15 is 0 Å². The molecule has 0 aromatic heterocycles. The summed E-state index contributed by atoms with van der Waals surface area (Å²) in [5.41, 5.74) is 0.630. The van der Waals surface area contributed by atoms with Crippen molar-refractivity contribution < 1.29 is 28.6 Å². The normalized spacial score (nSPS) is 11.5. The molecule has 0 saturated carbocycles. The van der Waals surface area contributed by atoms with E-state index in [1.165, 1.54) is 43.5 Å². The van der Waals surface area contributed by atoms with Gasteiger partial charge in [0.1, 0.15) is 22.9 Å². The lowest BCUT2D eigenvalue weighted by atomic mass is 10.1. The Balaban J connectivity index is 1.95. The molecule has 1 amide bonds. The molecule has 0 fully saturated rings. The van der Waals surface area contributed by atoms with E-state index in [9.17, 15) is 14.0 Å². The zero-order valence-electron chi connectivity index (χ0n) is 13.8. The SMILES string of the molecule is COc1ccc(CNC(=O)C(C)Oc2ccc(F)cc2)cc1C(=O)O. The van der Waals surface area contributed by atoms with Crippen molar-refractivity contribution in [2.24, 2.45) is 0 Å². The highest BCUT2D eigenvalue weighted by atomic mass is 19.1. The fourth-order valence-corrected chi connectivity index (χ4v) is 2.14. The Labute approximate surface area is 144 Å². The van der Waals surface area contributed by atoms with Gasteiger partial charge in [-0.25, -0.2) is 9.18 Å². The summed E-state index contributed by atoms with van der Waals surface area (Å²) < 4.78 is 23.3. The molecule has 0 heterocycles. The van der Waals surface area contributed by atoms with Gasteiger partial charge >= 0.3 is 5.97 Å². The minimum absolute atomic E-state index is 0.0184. The second kappa shape index (κ2) is 8.14. The van der Waals surface area contributed by atoms with Gasteiger partial charge in [-0.05, 0) is 48.9 Å². The number of benzene rings is 2. The average Bonchev–Trinajstić information content (AvgIpc) is 2.61. The number of carboxylic acid groups (broad SMARTS) is 1. The van der Waals surface area contributed by atoms with E-state index < -0.39 is 17.9 Å². The molecule has 7 heteroatoms. The molecule has 0 bridgehead atoms. The number of ether oxygens (including phenoxy) is 2. The van der Waals surface area contributed by atoms with Crippen molar-refractivity contribution in [2.75, 3.05) is 7.11 Å². The number of carbonyl (C=O) groups excluding carboxylic acids is 1. The molecule has 0 aliphatic heterocycles. The molecule has 0 aliphatic rings. The second-order valence-electron chi connectivity index (χ2n) is 5.27. The van der Waals surface area contributed by atoms with Gasteiger partial charge in [-0.1, -0.05) is 6.07 Å². The molecule has 1 unspecified atom stereocenters. The molecule has 2 aromatic carbocycles. The summed E-state index contributed by atoms with van der Waals surface area (Å²) in [6.07, 6.45) is -0.789. The van der Waals surface area contributed by atoms with Crippen molar-refractivity contribution in [3.63, 3.8) is 0 Å². The third-order valence-corrected chi connectivity index (χ3v) is 3.46. The van der Waals surface area contributed by atoms with Crippen LogP contribution in [0.5, 0.6) is 11.5 Å². The summed E-state index contributed by atoms with van der Waals surface area (Å²) in [6, 6.07) is 9.98. The third-order valence-electron chi connectivity index (χ3n) is 3.46. The highest BCUT2D eigenvalue weighted by Crippen LogP contribution is 2.20. The Hall–Kier alpha value is -3.09. The van der Waals surface area contributed by atoms with Crippen molar-refractivity contribution in [3.05, 3.63) is 59.4 Å². The van der Waals surface area contributed by atoms with Crippen LogP contribution in [-0.4, -0.2) is 30.2 Å². The van der Waals surface area contributed by atoms with E-state index in [1.54, 1.807) is 13.0 Å². The highest BCUT2D eigenvalue weighted by Gasteiger charge is 2.16. The Bertz CT molecular complexity index is 761. The molecule has 0 radical (unpaired) electrons. The molecular weight excluding hydrogens is 329 g/mol. The summed E-state index contributed by atoms with van der Waals surface area (Å²) in [6.45, 7) is 1.70. The summed E-state index contributed by atoms with van der Waals surface area (Å²) in [4.78, 5) is 23.3.